The third-order valence-electron chi connectivity index (χ3n) is 3.10. The van der Waals surface area contributed by atoms with Crippen molar-refractivity contribution in [3.05, 3.63) is 60.2 Å². The molecule has 0 amide bonds. The molecule has 0 unspecified atom stereocenters. The topological polar surface area (TPSA) is 94.1 Å². The number of rotatable bonds is 7. The Morgan fingerprint density at radius 1 is 1.07 bits per heavy atom. The Morgan fingerprint density at radius 2 is 1.70 bits per heavy atom. The maximum Gasteiger partial charge on any atom is 0.344 e. The van der Waals surface area contributed by atoms with Crippen LogP contribution in [0.2, 0.25) is 0 Å². The summed E-state index contributed by atoms with van der Waals surface area (Å²) < 4.78 is 34.6. The maximum absolute atomic E-state index is 12.0. The van der Waals surface area contributed by atoms with Crippen LogP contribution in [0.4, 0.5) is 0 Å². The summed E-state index contributed by atoms with van der Waals surface area (Å²) in [6.07, 6.45) is 1.37. The fourth-order valence-electron chi connectivity index (χ4n) is 1.99. The van der Waals surface area contributed by atoms with E-state index in [1.807, 2.05) is 0 Å². The molecule has 0 radical (unpaired) electrons. The van der Waals surface area contributed by atoms with Crippen LogP contribution in [0, 0.1) is 0 Å². The van der Waals surface area contributed by atoms with Gasteiger partial charge in [0.05, 0.1) is 11.1 Å². The fourth-order valence-corrected chi connectivity index (χ4v) is 2.80. The van der Waals surface area contributed by atoms with Crippen molar-refractivity contribution in [1.29, 1.82) is 0 Å². The second kappa shape index (κ2) is 8.68. The molecule has 0 aromatic heterocycles. The lowest BCUT2D eigenvalue weighted by molar-refractivity contribution is -0.157. The summed E-state index contributed by atoms with van der Waals surface area (Å²) >= 11 is 0. The van der Waals surface area contributed by atoms with Gasteiger partial charge in [0.25, 0.3) is 10.0 Å². The number of esters is 1. The zero-order chi connectivity index (χ0) is 19.9. The molecule has 8 heteroatoms. The Bertz CT molecular complexity index is 886. The number of nitrogens with one attached hydrogen (secondary N) is 1. The highest BCUT2D eigenvalue weighted by atomic mass is 32.2. The molecule has 144 valence electrons. The molecule has 1 N–H and O–H groups in total. The molecule has 2 rings (SSSR count). The summed E-state index contributed by atoms with van der Waals surface area (Å²) in [7, 11) is -3.70. The van der Waals surface area contributed by atoms with E-state index in [1.54, 1.807) is 63.2 Å². The third-order valence-corrected chi connectivity index (χ3v) is 4.34. The average molecular weight is 390 g/mol. The van der Waals surface area contributed by atoms with E-state index in [2.05, 4.69) is 9.93 Å². The monoisotopic (exact) mass is 390 g/mol. The first-order valence-electron chi connectivity index (χ1n) is 8.20. The highest BCUT2D eigenvalue weighted by Gasteiger charge is 2.16. The van der Waals surface area contributed by atoms with E-state index >= 15 is 0 Å². The van der Waals surface area contributed by atoms with E-state index in [0.29, 0.717) is 11.3 Å². The van der Waals surface area contributed by atoms with Crippen molar-refractivity contribution in [1.82, 2.24) is 4.83 Å². The number of sulfonamides is 1. The van der Waals surface area contributed by atoms with Crippen LogP contribution < -0.4 is 9.57 Å². The minimum absolute atomic E-state index is 0.132. The fraction of sp³-hybridized carbons (Fsp3) is 0.263. The first kappa shape index (κ1) is 20.4. The minimum Gasteiger partial charge on any atom is -0.482 e. The molecule has 0 atom stereocenters. The molecule has 0 saturated heterocycles. The average Bonchev–Trinajstić information content (AvgIpc) is 2.60. The van der Waals surface area contributed by atoms with Crippen LogP contribution in [-0.4, -0.2) is 32.8 Å². The van der Waals surface area contributed by atoms with Gasteiger partial charge in [0.15, 0.2) is 6.61 Å². The molecule has 7 nitrogen and oxygen atoms in total. The molecule has 2 aromatic rings. The molecule has 0 heterocycles. The van der Waals surface area contributed by atoms with Crippen LogP contribution in [0.25, 0.3) is 0 Å². The molecule has 0 fully saturated rings. The summed E-state index contributed by atoms with van der Waals surface area (Å²) in [5, 5.41) is 3.76. The largest absolute Gasteiger partial charge is 0.482 e. The van der Waals surface area contributed by atoms with Gasteiger partial charge in [0.1, 0.15) is 11.4 Å². The number of carbonyl (C=O) groups is 1. The van der Waals surface area contributed by atoms with Gasteiger partial charge in [-0.25, -0.2) is 9.63 Å². The predicted molar refractivity (Wildman–Crippen MR) is 102 cm³/mol. The number of benzene rings is 2. The lowest BCUT2D eigenvalue weighted by Crippen LogP contribution is -2.27. The summed E-state index contributed by atoms with van der Waals surface area (Å²) in [6.45, 7) is 5.16. The summed E-state index contributed by atoms with van der Waals surface area (Å²) in [6, 6.07) is 14.6. The summed E-state index contributed by atoms with van der Waals surface area (Å²) in [5.74, 6) is 0.0336. The van der Waals surface area contributed by atoms with Crippen LogP contribution in [0.1, 0.15) is 26.3 Å². The van der Waals surface area contributed by atoms with E-state index in [0.717, 1.165) is 0 Å². The van der Waals surface area contributed by atoms with E-state index in [4.69, 9.17) is 9.47 Å². The zero-order valence-electron chi connectivity index (χ0n) is 15.4. The number of nitrogens with zero attached hydrogens (tertiary/aromatic N) is 1. The standard InChI is InChI=1S/C19H22N2O5S/c1-19(2,3)26-18(22)14-25-16-11-9-15(10-12-16)13-20-21-27(23,24)17-7-5-4-6-8-17/h4-13,21H,14H2,1-3H3/b20-13+. The first-order valence-corrected chi connectivity index (χ1v) is 9.69. The minimum atomic E-state index is -3.70. The number of ether oxygens (including phenoxy) is 2. The Morgan fingerprint density at radius 3 is 2.30 bits per heavy atom. The smallest absolute Gasteiger partial charge is 0.344 e. The SMILES string of the molecule is CC(C)(C)OC(=O)COc1ccc(/C=N/NS(=O)(=O)c2ccccc2)cc1. The van der Waals surface area contributed by atoms with Crippen LogP contribution in [-0.2, 0) is 19.6 Å². The van der Waals surface area contributed by atoms with Gasteiger partial charge < -0.3 is 9.47 Å². The van der Waals surface area contributed by atoms with Crippen molar-refractivity contribution < 1.29 is 22.7 Å². The number of carbonyl (C=O) groups excluding carboxylic acids is 1. The lowest BCUT2D eigenvalue weighted by Gasteiger charge is -2.19. The Balaban J connectivity index is 1.88. The van der Waals surface area contributed by atoms with Crippen molar-refractivity contribution in [3.8, 4) is 5.75 Å². The van der Waals surface area contributed by atoms with Crippen molar-refractivity contribution in [2.45, 2.75) is 31.3 Å². The second-order valence-electron chi connectivity index (χ2n) is 6.61. The van der Waals surface area contributed by atoms with Crippen molar-refractivity contribution >= 4 is 22.2 Å². The van der Waals surface area contributed by atoms with Crippen molar-refractivity contribution in [2.24, 2.45) is 5.10 Å². The van der Waals surface area contributed by atoms with Gasteiger partial charge in [-0.2, -0.15) is 13.5 Å². The second-order valence-corrected chi connectivity index (χ2v) is 8.27. The molecule has 2 aromatic carbocycles. The number of hydrazone groups is 1. The maximum atomic E-state index is 12.0. The van der Waals surface area contributed by atoms with Crippen LogP contribution in [0.3, 0.4) is 0 Å². The van der Waals surface area contributed by atoms with Crippen LogP contribution >= 0.6 is 0 Å². The van der Waals surface area contributed by atoms with Gasteiger partial charge in [-0.05, 0) is 62.7 Å². The molecule has 0 saturated carbocycles. The summed E-state index contributed by atoms with van der Waals surface area (Å²) in [4.78, 5) is 13.9. The van der Waals surface area contributed by atoms with E-state index in [9.17, 15) is 13.2 Å². The van der Waals surface area contributed by atoms with Crippen LogP contribution in [0.5, 0.6) is 5.75 Å². The number of hydrogen-bond acceptors (Lipinski definition) is 6. The van der Waals surface area contributed by atoms with E-state index in [-0.39, 0.29) is 11.5 Å². The van der Waals surface area contributed by atoms with Crippen molar-refractivity contribution in [3.63, 3.8) is 0 Å². The van der Waals surface area contributed by atoms with E-state index < -0.39 is 21.6 Å². The molecular formula is C19H22N2O5S. The van der Waals surface area contributed by atoms with Gasteiger partial charge in [-0.3, -0.25) is 0 Å². The normalized spacial score (nSPS) is 12.0. The highest BCUT2D eigenvalue weighted by Crippen LogP contribution is 2.13. The first-order chi connectivity index (χ1) is 12.7. The Hall–Kier alpha value is -2.87. The quantitative estimate of drug-likeness (QED) is 0.446. The lowest BCUT2D eigenvalue weighted by atomic mass is 10.2. The van der Waals surface area contributed by atoms with Gasteiger partial charge in [-0.15, -0.1) is 0 Å². The summed E-state index contributed by atoms with van der Waals surface area (Å²) in [5.41, 5.74) is 0.101. The zero-order valence-corrected chi connectivity index (χ0v) is 16.2. The molecule has 0 bridgehead atoms. The van der Waals surface area contributed by atoms with Gasteiger partial charge in [0, 0.05) is 0 Å². The third kappa shape index (κ3) is 7.10. The van der Waals surface area contributed by atoms with Crippen LogP contribution in [0.15, 0.2) is 64.6 Å². The molecule has 0 aliphatic carbocycles. The molecular weight excluding hydrogens is 368 g/mol. The predicted octanol–water partition coefficient (Wildman–Crippen LogP) is 2.72. The van der Waals surface area contributed by atoms with Gasteiger partial charge >= 0.3 is 5.97 Å². The highest BCUT2D eigenvalue weighted by molar-refractivity contribution is 7.89. The van der Waals surface area contributed by atoms with Crippen molar-refractivity contribution in [2.75, 3.05) is 6.61 Å². The van der Waals surface area contributed by atoms with Gasteiger partial charge in [0.2, 0.25) is 0 Å². The number of hydrogen-bond donors (Lipinski definition) is 1. The Kier molecular flexibility index (Phi) is 6.57. The van der Waals surface area contributed by atoms with Gasteiger partial charge in [-0.1, -0.05) is 18.2 Å². The molecule has 0 aliphatic heterocycles. The molecule has 27 heavy (non-hydrogen) atoms. The Labute approximate surface area is 159 Å². The molecule has 0 aliphatic rings. The van der Waals surface area contributed by atoms with E-state index in [1.165, 1.54) is 18.3 Å². The molecule has 0 spiro atoms.